The lowest BCUT2D eigenvalue weighted by atomic mass is 10.1. The smallest absolute Gasteiger partial charge is 0.330 e. The minimum atomic E-state index is -4.48. The highest BCUT2D eigenvalue weighted by molar-refractivity contribution is 5.54. The minimum Gasteiger partial charge on any atom is -0.330 e. The van der Waals surface area contributed by atoms with Crippen LogP contribution >= 0.6 is 0 Å². The Kier molecular flexibility index (Phi) is 4.74. The number of nitrogens with zero attached hydrogens (tertiary/aromatic N) is 2. The van der Waals surface area contributed by atoms with Gasteiger partial charge in [0.2, 0.25) is 5.95 Å². The number of nitrogens with two attached hydrogens (primary N) is 1. The van der Waals surface area contributed by atoms with E-state index >= 15 is 0 Å². The van der Waals surface area contributed by atoms with Crippen molar-refractivity contribution in [3.05, 3.63) is 47.8 Å². The van der Waals surface area contributed by atoms with Crippen molar-refractivity contribution in [2.24, 2.45) is 5.73 Å². The number of benzene rings is 1. The second-order valence-electron chi connectivity index (χ2n) is 4.48. The van der Waals surface area contributed by atoms with Crippen LogP contribution < -0.4 is 11.1 Å². The van der Waals surface area contributed by atoms with Gasteiger partial charge in [-0.3, -0.25) is 0 Å². The molecule has 0 aliphatic carbocycles. The number of aryl methyl sites for hydroxylation is 1. The molecule has 0 spiro atoms. The monoisotopic (exact) mass is 296 g/mol. The van der Waals surface area contributed by atoms with Gasteiger partial charge in [-0.05, 0) is 43.1 Å². The first-order valence-corrected chi connectivity index (χ1v) is 6.45. The molecule has 0 amide bonds. The topological polar surface area (TPSA) is 63.8 Å². The number of hydrogen-bond donors (Lipinski definition) is 2. The zero-order chi connectivity index (χ0) is 15.3. The van der Waals surface area contributed by atoms with Crippen LogP contribution in [0.1, 0.15) is 17.7 Å². The first-order valence-electron chi connectivity index (χ1n) is 6.45. The quantitative estimate of drug-likeness (QED) is 0.889. The number of halogens is 3. The fourth-order valence-electron chi connectivity index (χ4n) is 1.82. The molecule has 0 saturated carbocycles. The Morgan fingerprint density at radius 1 is 1.19 bits per heavy atom. The minimum absolute atomic E-state index is 0.0826. The first-order chi connectivity index (χ1) is 9.99. The van der Waals surface area contributed by atoms with E-state index in [2.05, 4.69) is 15.3 Å². The van der Waals surface area contributed by atoms with Crippen molar-refractivity contribution >= 4 is 11.6 Å². The predicted octanol–water partition coefficient (Wildman–Crippen LogP) is 3.13. The van der Waals surface area contributed by atoms with E-state index in [1.807, 2.05) is 18.2 Å². The van der Waals surface area contributed by atoms with Gasteiger partial charge in [-0.15, -0.1) is 0 Å². The van der Waals surface area contributed by atoms with Crippen LogP contribution in [-0.2, 0) is 12.6 Å². The van der Waals surface area contributed by atoms with Gasteiger partial charge in [-0.2, -0.15) is 13.2 Å². The second kappa shape index (κ2) is 6.53. The van der Waals surface area contributed by atoms with E-state index in [-0.39, 0.29) is 5.95 Å². The third kappa shape index (κ3) is 4.42. The van der Waals surface area contributed by atoms with Crippen LogP contribution in [0.3, 0.4) is 0 Å². The number of alkyl halides is 3. The molecule has 3 N–H and O–H groups in total. The molecule has 0 aliphatic heterocycles. The SMILES string of the molecule is NCCCc1cccc(Nc2nccc(C(F)(F)F)n2)c1. The Labute approximate surface area is 120 Å². The van der Waals surface area contributed by atoms with Gasteiger partial charge in [0.15, 0.2) is 0 Å². The lowest BCUT2D eigenvalue weighted by Gasteiger charge is -2.09. The van der Waals surface area contributed by atoms with Gasteiger partial charge in [0.05, 0.1) is 0 Å². The summed E-state index contributed by atoms with van der Waals surface area (Å²) < 4.78 is 37.7. The fourth-order valence-corrected chi connectivity index (χ4v) is 1.82. The van der Waals surface area contributed by atoms with Crippen molar-refractivity contribution in [1.82, 2.24) is 9.97 Å². The molecule has 1 heterocycles. The third-order valence-corrected chi connectivity index (χ3v) is 2.80. The van der Waals surface area contributed by atoms with E-state index < -0.39 is 11.9 Å². The summed E-state index contributed by atoms with van der Waals surface area (Å²) in [6.45, 7) is 0.592. The van der Waals surface area contributed by atoms with Gasteiger partial charge in [-0.1, -0.05) is 12.1 Å². The molecule has 7 heteroatoms. The first kappa shape index (κ1) is 15.2. The number of rotatable bonds is 5. The summed E-state index contributed by atoms with van der Waals surface area (Å²) in [5.74, 6) is -0.0826. The molecular weight excluding hydrogens is 281 g/mol. The average molecular weight is 296 g/mol. The van der Waals surface area contributed by atoms with Crippen molar-refractivity contribution in [3.63, 3.8) is 0 Å². The summed E-state index contributed by atoms with van der Waals surface area (Å²) >= 11 is 0. The Bertz CT molecular complexity index is 599. The Hall–Kier alpha value is -2.15. The maximum absolute atomic E-state index is 12.6. The molecule has 0 fully saturated rings. The number of hydrogen-bond acceptors (Lipinski definition) is 4. The molecule has 0 unspecified atom stereocenters. The molecule has 2 aromatic rings. The molecule has 0 atom stereocenters. The summed E-state index contributed by atoms with van der Waals surface area (Å²) in [6.07, 6.45) is -1.74. The molecule has 112 valence electrons. The van der Waals surface area contributed by atoms with E-state index in [1.54, 1.807) is 6.07 Å². The van der Waals surface area contributed by atoms with Gasteiger partial charge in [-0.25, -0.2) is 9.97 Å². The van der Waals surface area contributed by atoms with Gasteiger partial charge in [0.25, 0.3) is 0 Å². The normalized spacial score (nSPS) is 11.4. The molecule has 0 bridgehead atoms. The largest absolute Gasteiger partial charge is 0.433 e. The standard InChI is InChI=1S/C14H15F3N4/c15-14(16,17)12-6-8-19-13(21-12)20-11-5-1-3-10(9-11)4-2-7-18/h1,3,5-6,8-9H,2,4,7,18H2,(H,19,20,21). The van der Waals surface area contributed by atoms with Crippen LogP contribution in [0, 0.1) is 0 Å². The lowest BCUT2D eigenvalue weighted by molar-refractivity contribution is -0.141. The average Bonchev–Trinajstić information content (AvgIpc) is 2.45. The second-order valence-corrected chi connectivity index (χ2v) is 4.48. The van der Waals surface area contributed by atoms with Gasteiger partial charge >= 0.3 is 6.18 Å². The Morgan fingerprint density at radius 3 is 2.71 bits per heavy atom. The predicted molar refractivity (Wildman–Crippen MR) is 74.1 cm³/mol. The van der Waals surface area contributed by atoms with Gasteiger partial charge in [0.1, 0.15) is 5.69 Å². The highest BCUT2D eigenvalue weighted by Crippen LogP contribution is 2.28. The van der Waals surface area contributed by atoms with Crippen LogP contribution in [0.4, 0.5) is 24.8 Å². The third-order valence-electron chi connectivity index (χ3n) is 2.80. The van der Waals surface area contributed by atoms with Crippen molar-refractivity contribution in [2.75, 3.05) is 11.9 Å². The lowest BCUT2D eigenvalue weighted by Crippen LogP contribution is -2.10. The summed E-state index contributed by atoms with van der Waals surface area (Å²) in [7, 11) is 0. The van der Waals surface area contributed by atoms with Crippen LogP contribution in [0.25, 0.3) is 0 Å². The molecule has 1 aromatic carbocycles. The summed E-state index contributed by atoms with van der Waals surface area (Å²) in [5, 5.41) is 2.78. The van der Waals surface area contributed by atoms with Crippen LogP contribution in [0.5, 0.6) is 0 Å². The van der Waals surface area contributed by atoms with Crippen molar-refractivity contribution in [2.45, 2.75) is 19.0 Å². The Morgan fingerprint density at radius 2 is 2.00 bits per heavy atom. The van der Waals surface area contributed by atoms with Gasteiger partial charge in [0, 0.05) is 11.9 Å². The van der Waals surface area contributed by atoms with E-state index in [0.717, 1.165) is 30.7 Å². The van der Waals surface area contributed by atoms with Crippen molar-refractivity contribution in [3.8, 4) is 0 Å². The van der Waals surface area contributed by atoms with Gasteiger partial charge < -0.3 is 11.1 Å². The highest BCUT2D eigenvalue weighted by Gasteiger charge is 2.32. The molecule has 0 aliphatic rings. The molecule has 2 rings (SSSR count). The van der Waals surface area contributed by atoms with E-state index in [4.69, 9.17) is 5.73 Å². The van der Waals surface area contributed by atoms with E-state index in [9.17, 15) is 13.2 Å². The molecule has 1 aromatic heterocycles. The molecular formula is C14H15F3N4. The molecule has 0 saturated heterocycles. The number of anilines is 2. The van der Waals surface area contributed by atoms with Crippen molar-refractivity contribution < 1.29 is 13.2 Å². The summed E-state index contributed by atoms with van der Waals surface area (Å²) in [4.78, 5) is 7.26. The van der Waals surface area contributed by atoms with Crippen molar-refractivity contribution in [1.29, 1.82) is 0 Å². The maximum Gasteiger partial charge on any atom is 0.433 e. The molecule has 21 heavy (non-hydrogen) atoms. The van der Waals surface area contributed by atoms with E-state index in [1.165, 1.54) is 0 Å². The summed E-state index contributed by atoms with van der Waals surface area (Å²) in [6, 6.07) is 8.19. The van der Waals surface area contributed by atoms with Crippen LogP contribution in [0.2, 0.25) is 0 Å². The summed E-state index contributed by atoms with van der Waals surface area (Å²) in [5.41, 5.74) is 6.18. The zero-order valence-corrected chi connectivity index (χ0v) is 11.2. The maximum atomic E-state index is 12.6. The van der Waals surface area contributed by atoms with Crippen LogP contribution in [-0.4, -0.2) is 16.5 Å². The highest BCUT2D eigenvalue weighted by atomic mass is 19.4. The number of aromatic nitrogens is 2. The Balaban J connectivity index is 2.14. The van der Waals surface area contributed by atoms with Crippen LogP contribution in [0.15, 0.2) is 36.5 Å². The van der Waals surface area contributed by atoms with E-state index in [0.29, 0.717) is 12.2 Å². The zero-order valence-electron chi connectivity index (χ0n) is 11.2. The molecule has 0 radical (unpaired) electrons. The number of nitrogens with one attached hydrogen (secondary N) is 1. The fraction of sp³-hybridized carbons (Fsp3) is 0.286. The molecule has 4 nitrogen and oxygen atoms in total.